The van der Waals surface area contributed by atoms with Gasteiger partial charge in [0, 0.05) is 42.8 Å². The van der Waals surface area contributed by atoms with Crippen molar-refractivity contribution >= 4 is 17.5 Å². The van der Waals surface area contributed by atoms with Crippen LogP contribution in [-0.2, 0) is 17.9 Å². The Hall–Kier alpha value is -3.49. The van der Waals surface area contributed by atoms with Crippen LogP contribution in [0.4, 0.5) is 0 Å². The first kappa shape index (κ1) is 23.3. The van der Waals surface area contributed by atoms with Gasteiger partial charge in [-0.2, -0.15) is 0 Å². The molecule has 0 N–H and O–H groups in total. The first-order valence-corrected chi connectivity index (χ1v) is 11.8. The van der Waals surface area contributed by atoms with Crippen LogP contribution in [0.2, 0.25) is 5.02 Å². The molecule has 2 aromatic carbocycles. The maximum Gasteiger partial charge on any atom is 0.267 e. The van der Waals surface area contributed by atoms with Crippen LogP contribution in [0.25, 0.3) is 0 Å². The third-order valence-corrected chi connectivity index (χ3v) is 6.41. The molecule has 1 amide bonds. The predicted molar refractivity (Wildman–Crippen MR) is 129 cm³/mol. The maximum atomic E-state index is 12.9. The summed E-state index contributed by atoms with van der Waals surface area (Å²) in [7, 11) is 0. The van der Waals surface area contributed by atoms with Crippen LogP contribution >= 0.6 is 11.6 Å². The van der Waals surface area contributed by atoms with E-state index in [1.54, 1.807) is 17.0 Å². The lowest BCUT2D eigenvalue weighted by molar-refractivity contribution is -0.143. The highest BCUT2D eigenvalue weighted by atomic mass is 35.5. The van der Waals surface area contributed by atoms with E-state index in [0.29, 0.717) is 55.0 Å². The fourth-order valence-electron chi connectivity index (χ4n) is 4.09. The molecule has 0 saturated carbocycles. The molecule has 182 valence electrons. The van der Waals surface area contributed by atoms with Crippen LogP contribution in [0.3, 0.4) is 0 Å². The van der Waals surface area contributed by atoms with Gasteiger partial charge < -0.3 is 23.5 Å². The van der Waals surface area contributed by atoms with Crippen molar-refractivity contribution in [3.05, 3.63) is 87.4 Å². The van der Waals surface area contributed by atoms with Crippen molar-refractivity contribution in [1.29, 1.82) is 0 Å². The molecule has 3 heterocycles. The standard InChI is InChI=1S/C26H25ClN2O6/c27-20-6-2-1-5-18(20)15-33-24-16-32-19(13-21(24)30)14-28-9-11-29(12-10-28)26(31)25-17-34-22-7-3-4-8-23(22)35-25/h1-8,13,16,25H,9-12,14-15,17H2. The van der Waals surface area contributed by atoms with Gasteiger partial charge in [-0.3, -0.25) is 14.5 Å². The van der Waals surface area contributed by atoms with E-state index >= 15 is 0 Å². The van der Waals surface area contributed by atoms with Gasteiger partial charge in [0.05, 0.1) is 6.54 Å². The summed E-state index contributed by atoms with van der Waals surface area (Å²) >= 11 is 6.13. The Kier molecular flexibility index (Phi) is 6.92. The predicted octanol–water partition coefficient (Wildman–Crippen LogP) is 3.36. The minimum absolute atomic E-state index is 0.0780. The lowest BCUT2D eigenvalue weighted by Crippen LogP contribution is -2.53. The van der Waals surface area contributed by atoms with Gasteiger partial charge in [0.25, 0.3) is 5.91 Å². The molecule has 0 aliphatic carbocycles. The topological polar surface area (TPSA) is 81.5 Å². The number of nitrogens with zero attached hydrogens (tertiary/aromatic N) is 2. The lowest BCUT2D eigenvalue weighted by Gasteiger charge is -2.36. The average Bonchev–Trinajstić information content (AvgIpc) is 2.89. The van der Waals surface area contributed by atoms with Crippen LogP contribution in [-0.4, -0.2) is 54.6 Å². The second-order valence-corrected chi connectivity index (χ2v) is 8.83. The van der Waals surface area contributed by atoms with E-state index in [2.05, 4.69) is 4.90 Å². The number of hydrogen-bond acceptors (Lipinski definition) is 7. The van der Waals surface area contributed by atoms with Crippen LogP contribution in [0.5, 0.6) is 17.2 Å². The number of fused-ring (bicyclic) bond motifs is 1. The van der Waals surface area contributed by atoms with E-state index < -0.39 is 6.10 Å². The Morgan fingerprint density at radius 2 is 1.77 bits per heavy atom. The molecule has 2 aliphatic rings. The molecule has 0 radical (unpaired) electrons. The molecule has 35 heavy (non-hydrogen) atoms. The molecule has 1 unspecified atom stereocenters. The molecule has 2 aliphatic heterocycles. The van der Waals surface area contributed by atoms with Gasteiger partial charge in [-0.15, -0.1) is 0 Å². The molecule has 0 bridgehead atoms. The molecule has 5 rings (SSSR count). The summed E-state index contributed by atoms with van der Waals surface area (Å²) in [6.45, 7) is 3.29. The number of para-hydroxylation sites is 2. The molecule has 8 nitrogen and oxygen atoms in total. The first-order valence-electron chi connectivity index (χ1n) is 11.4. The number of carbonyl (C=O) groups is 1. The summed E-state index contributed by atoms with van der Waals surface area (Å²) in [6, 6.07) is 16.1. The zero-order chi connectivity index (χ0) is 24.2. The zero-order valence-corrected chi connectivity index (χ0v) is 19.8. The molecule has 1 saturated heterocycles. The minimum Gasteiger partial charge on any atom is -0.485 e. The van der Waals surface area contributed by atoms with Crippen LogP contribution in [0, 0.1) is 0 Å². The van der Waals surface area contributed by atoms with Crippen molar-refractivity contribution in [2.75, 3.05) is 32.8 Å². The lowest BCUT2D eigenvalue weighted by atomic mass is 10.2. The highest BCUT2D eigenvalue weighted by molar-refractivity contribution is 6.31. The second-order valence-electron chi connectivity index (χ2n) is 8.42. The SMILES string of the molecule is O=C(C1COc2ccccc2O1)N1CCN(Cc2cc(=O)c(OCc3ccccc3Cl)co2)CC1. The van der Waals surface area contributed by atoms with Crippen molar-refractivity contribution in [3.63, 3.8) is 0 Å². The number of rotatable bonds is 6. The number of ether oxygens (including phenoxy) is 3. The summed E-state index contributed by atoms with van der Waals surface area (Å²) in [4.78, 5) is 29.3. The molecular formula is C26H25ClN2O6. The molecule has 3 aromatic rings. The van der Waals surface area contributed by atoms with E-state index in [-0.39, 0.29) is 30.3 Å². The number of hydrogen-bond donors (Lipinski definition) is 0. The second kappa shape index (κ2) is 10.4. The zero-order valence-electron chi connectivity index (χ0n) is 19.0. The van der Waals surface area contributed by atoms with Crippen molar-refractivity contribution in [2.24, 2.45) is 0 Å². The molecule has 1 aromatic heterocycles. The smallest absolute Gasteiger partial charge is 0.267 e. The van der Waals surface area contributed by atoms with Crippen LogP contribution in [0.1, 0.15) is 11.3 Å². The Bertz CT molecular complexity index is 1250. The number of benzene rings is 2. The summed E-state index contributed by atoms with van der Waals surface area (Å²) in [5, 5.41) is 0.582. The Labute approximate surface area is 207 Å². The molecular weight excluding hydrogens is 472 g/mol. The summed E-state index contributed by atoms with van der Waals surface area (Å²) in [6.07, 6.45) is 0.694. The van der Waals surface area contributed by atoms with Gasteiger partial charge >= 0.3 is 0 Å². The Morgan fingerprint density at radius 1 is 1.03 bits per heavy atom. The maximum absolute atomic E-state index is 12.9. The normalized spacial score (nSPS) is 17.7. The first-order chi connectivity index (χ1) is 17.1. The highest BCUT2D eigenvalue weighted by Crippen LogP contribution is 2.31. The highest BCUT2D eigenvalue weighted by Gasteiger charge is 2.32. The van der Waals surface area contributed by atoms with E-state index in [9.17, 15) is 9.59 Å². The third-order valence-electron chi connectivity index (χ3n) is 6.04. The van der Waals surface area contributed by atoms with E-state index in [1.165, 1.54) is 12.3 Å². The van der Waals surface area contributed by atoms with Crippen LogP contribution in [0.15, 0.2) is 70.1 Å². The number of amides is 1. The van der Waals surface area contributed by atoms with Gasteiger partial charge in [-0.1, -0.05) is 41.9 Å². The van der Waals surface area contributed by atoms with Crippen LogP contribution < -0.4 is 19.6 Å². The van der Waals surface area contributed by atoms with Gasteiger partial charge in [0.15, 0.2) is 11.5 Å². The van der Waals surface area contributed by atoms with E-state index in [0.717, 1.165) is 5.56 Å². The van der Waals surface area contributed by atoms with Crippen molar-refractivity contribution in [1.82, 2.24) is 9.80 Å². The molecule has 0 spiro atoms. The number of piperazine rings is 1. The summed E-state index contributed by atoms with van der Waals surface area (Å²) < 4.78 is 22.8. The average molecular weight is 497 g/mol. The van der Waals surface area contributed by atoms with Crippen molar-refractivity contribution < 1.29 is 23.4 Å². The van der Waals surface area contributed by atoms with Gasteiger partial charge in [-0.25, -0.2) is 0 Å². The van der Waals surface area contributed by atoms with Crippen molar-refractivity contribution in [3.8, 4) is 17.2 Å². The molecule has 9 heteroatoms. The summed E-state index contributed by atoms with van der Waals surface area (Å²) in [5.41, 5.74) is 0.543. The fourth-order valence-corrected chi connectivity index (χ4v) is 4.28. The summed E-state index contributed by atoms with van der Waals surface area (Å²) in [5.74, 6) is 1.85. The largest absolute Gasteiger partial charge is 0.485 e. The Morgan fingerprint density at radius 3 is 2.54 bits per heavy atom. The van der Waals surface area contributed by atoms with E-state index in [1.807, 2.05) is 36.4 Å². The molecule has 1 atom stereocenters. The van der Waals surface area contributed by atoms with Gasteiger partial charge in [0.2, 0.25) is 17.3 Å². The third kappa shape index (κ3) is 5.44. The van der Waals surface area contributed by atoms with E-state index in [4.69, 9.17) is 30.2 Å². The quantitative estimate of drug-likeness (QED) is 0.517. The minimum atomic E-state index is -0.646. The number of carbonyl (C=O) groups excluding carboxylic acids is 1. The van der Waals surface area contributed by atoms with Gasteiger partial charge in [0.1, 0.15) is 25.2 Å². The van der Waals surface area contributed by atoms with Gasteiger partial charge in [-0.05, 0) is 18.2 Å². The Balaban J connectivity index is 1.12. The van der Waals surface area contributed by atoms with Crippen molar-refractivity contribution in [2.45, 2.75) is 19.3 Å². The molecule has 1 fully saturated rings. The fraction of sp³-hybridized carbons (Fsp3) is 0.308. The monoisotopic (exact) mass is 496 g/mol. The number of halogens is 1.